The van der Waals surface area contributed by atoms with E-state index in [1.165, 1.54) is 5.69 Å². The number of thiazole rings is 1. The Morgan fingerprint density at radius 3 is 2.83 bits per heavy atom. The van der Waals surface area contributed by atoms with Gasteiger partial charge in [0, 0.05) is 5.38 Å². The SMILES string of the molecule is CCC(C)(CN)Cc1cscn1. The first-order valence-corrected chi connectivity index (χ1v) is 5.21. The Kier molecular flexibility index (Phi) is 3.23. The van der Waals surface area contributed by atoms with E-state index in [1.54, 1.807) is 11.3 Å². The molecule has 0 aliphatic rings. The minimum atomic E-state index is 0.230. The van der Waals surface area contributed by atoms with Crippen molar-refractivity contribution in [2.75, 3.05) is 6.54 Å². The van der Waals surface area contributed by atoms with E-state index in [0.29, 0.717) is 0 Å². The molecule has 0 saturated carbocycles. The maximum Gasteiger partial charge on any atom is 0.0794 e. The highest BCUT2D eigenvalue weighted by atomic mass is 32.1. The van der Waals surface area contributed by atoms with Crippen molar-refractivity contribution in [3.63, 3.8) is 0 Å². The number of hydrogen-bond acceptors (Lipinski definition) is 3. The van der Waals surface area contributed by atoms with E-state index in [0.717, 1.165) is 19.4 Å². The molecule has 0 aliphatic heterocycles. The van der Waals surface area contributed by atoms with Gasteiger partial charge in [0.25, 0.3) is 0 Å². The van der Waals surface area contributed by atoms with E-state index in [1.807, 2.05) is 5.51 Å². The molecule has 0 radical (unpaired) electrons. The molecule has 68 valence electrons. The Hall–Kier alpha value is -0.410. The van der Waals surface area contributed by atoms with Crippen LogP contribution in [0, 0.1) is 5.41 Å². The molecule has 12 heavy (non-hydrogen) atoms. The van der Waals surface area contributed by atoms with Gasteiger partial charge in [-0.3, -0.25) is 0 Å². The molecule has 1 rings (SSSR count). The molecule has 1 aromatic heterocycles. The second kappa shape index (κ2) is 4.01. The molecule has 0 bridgehead atoms. The second-order valence-corrected chi connectivity index (χ2v) is 4.24. The molecular weight excluding hydrogens is 168 g/mol. The highest BCUT2D eigenvalue weighted by Gasteiger charge is 2.21. The number of aromatic nitrogens is 1. The second-order valence-electron chi connectivity index (χ2n) is 3.52. The minimum Gasteiger partial charge on any atom is -0.330 e. The molecule has 2 N–H and O–H groups in total. The maximum atomic E-state index is 5.71. The minimum absolute atomic E-state index is 0.230. The number of hydrogen-bond donors (Lipinski definition) is 1. The van der Waals surface area contributed by atoms with Gasteiger partial charge in [-0.25, -0.2) is 4.98 Å². The van der Waals surface area contributed by atoms with Gasteiger partial charge < -0.3 is 5.73 Å². The molecule has 1 atom stereocenters. The Balaban J connectivity index is 2.60. The normalized spacial score (nSPS) is 15.9. The van der Waals surface area contributed by atoms with Crippen LogP contribution >= 0.6 is 11.3 Å². The lowest BCUT2D eigenvalue weighted by Crippen LogP contribution is -2.28. The lowest BCUT2D eigenvalue weighted by Gasteiger charge is -2.24. The highest BCUT2D eigenvalue weighted by molar-refractivity contribution is 7.07. The third kappa shape index (κ3) is 2.29. The van der Waals surface area contributed by atoms with E-state index in [4.69, 9.17) is 5.73 Å². The largest absolute Gasteiger partial charge is 0.330 e. The Morgan fingerprint density at radius 2 is 2.42 bits per heavy atom. The molecule has 3 heteroatoms. The van der Waals surface area contributed by atoms with Gasteiger partial charge in [-0.05, 0) is 24.8 Å². The predicted octanol–water partition coefficient (Wildman–Crippen LogP) is 2.06. The molecule has 2 nitrogen and oxygen atoms in total. The Bertz CT molecular complexity index is 214. The van der Waals surface area contributed by atoms with Crippen molar-refractivity contribution in [3.05, 3.63) is 16.6 Å². The average Bonchev–Trinajstić information content (AvgIpc) is 2.57. The van der Waals surface area contributed by atoms with Crippen LogP contribution in [-0.2, 0) is 6.42 Å². The van der Waals surface area contributed by atoms with Crippen molar-refractivity contribution in [2.45, 2.75) is 26.7 Å². The highest BCUT2D eigenvalue weighted by Crippen LogP contribution is 2.24. The number of nitrogens with two attached hydrogens (primary N) is 1. The summed E-state index contributed by atoms with van der Waals surface area (Å²) in [6.07, 6.45) is 2.12. The Labute approximate surface area is 77.8 Å². The molecule has 0 fully saturated rings. The molecule has 1 unspecified atom stereocenters. The summed E-state index contributed by atoms with van der Waals surface area (Å²) < 4.78 is 0. The number of nitrogens with zero attached hydrogens (tertiary/aromatic N) is 1. The van der Waals surface area contributed by atoms with Gasteiger partial charge >= 0.3 is 0 Å². The van der Waals surface area contributed by atoms with E-state index < -0.39 is 0 Å². The van der Waals surface area contributed by atoms with Gasteiger partial charge in [-0.2, -0.15) is 0 Å². The summed E-state index contributed by atoms with van der Waals surface area (Å²) >= 11 is 1.65. The third-order valence-corrected chi connectivity index (χ3v) is 3.07. The van der Waals surface area contributed by atoms with Gasteiger partial charge in [0.05, 0.1) is 11.2 Å². The Morgan fingerprint density at radius 1 is 1.67 bits per heavy atom. The fourth-order valence-electron chi connectivity index (χ4n) is 1.10. The van der Waals surface area contributed by atoms with Crippen molar-refractivity contribution < 1.29 is 0 Å². The van der Waals surface area contributed by atoms with Crippen molar-refractivity contribution >= 4 is 11.3 Å². The summed E-state index contributed by atoms with van der Waals surface area (Å²) in [6, 6.07) is 0. The fourth-order valence-corrected chi connectivity index (χ4v) is 1.66. The van der Waals surface area contributed by atoms with Gasteiger partial charge in [-0.1, -0.05) is 13.8 Å². The quantitative estimate of drug-likeness (QED) is 0.778. The molecule has 0 spiro atoms. The summed E-state index contributed by atoms with van der Waals surface area (Å²) in [5.74, 6) is 0. The van der Waals surface area contributed by atoms with Crippen LogP contribution in [0.4, 0.5) is 0 Å². The van der Waals surface area contributed by atoms with Gasteiger partial charge in [0.15, 0.2) is 0 Å². The predicted molar refractivity (Wildman–Crippen MR) is 53.3 cm³/mol. The molecule has 1 heterocycles. The van der Waals surface area contributed by atoms with Crippen LogP contribution in [-0.4, -0.2) is 11.5 Å². The third-order valence-electron chi connectivity index (χ3n) is 2.44. The van der Waals surface area contributed by atoms with Crippen LogP contribution in [0.2, 0.25) is 0 Å². The van der Waals surface area contributed by atoms with Crippen LogP contribution < -0.4 is 5.73 Å². The van der Waals surface area contributed by atoms with Crippen molar-refractivity contribution in [1.29, 1.82) is 0 Å². The van der Waals surface area contributed by atoms with Crippen LogP contribution in [0.15, 0.2) is 10.9 Å². The van der Waals surface area contributed by atoms with Crippen LogP contribution in [0.5, 0.6) is 0 Å². The summed E-state index contributed by atoms with van der Waals surface area (Å²) in [6.45, 7) is 5.13. The lowest BCUT2D eigenvalue weighted by molar-refractivity contribution is 0.318. The molecule has 0 amide bonds. The fraction of sp³-hybridized carbons (Fsp3) is 0.667. The molecule has 1 aromatic rings. The zero-order chi connectivity index (χ0) is 9.03. The zero-order valence-corrected chi connectivity index (χ0v) is 8.53. The van der Waals surface area contributed by atoms with E-state index in [2.05, 4.69) is 24.2 Å². The average molecular weight is 184 g/mol. The zero-order valence-electron chi connectivity index (χ0n) is 7.71. The van der Waals surface area contributed by atoms with Gasteiger partial charge in [-0.15, -0.1) is 11.3 Å². The maximum absolute atomic E-state index is 5.71. The summed E-state index contributed by atoms with van der Waals surface area (Å²) in [4.78, 5) is 4.26. The lowest BCUT2D eigenvalue weighted by atomic mass is 9.83. The van der Waals surface area contributed by atoms with Crippen LogP contribution in [0.25, 0.3) is 0 Å². The van der Waals surface area contributed by atoms with Crippen molar-refractivity contribution in [2.24, 2.45) is 11.1 Å². The monoisotopic (exact) mass is 184 g/mol. The summed E-state index contributed by atoms with van der Waals surface area (Å²) in [5.41, 5.74) is 8.99. The molecule has 0 saturated heterocycles. The molecule has 0 aliphatic carbocycles. The van der Waals surface area contributed by atoms with Gasteiger partial charge in [0.2, 0.25) is 0 Å². The summed E-state index contributed by atoms with van der Waals surface area (Å²) in [5, 5.41) is 2.10. The van der Waals surface area contributed by atoms with E-state index >= 15 is 0 Å². The smallest absolute Gasteiger partial charge is 0.0794 e. The van der Waals surface area contributed by atoms with Crippen LogP contribution in [0.3, 0.4) is 0 Å². The topological polar surface area (TPSA) is 38.9 Å². The standard InChI is InChI=1S/C9H16N2S/c1-3-9(2,6-10)4-8-5-12-7-11-8/h5,7H,3-4,6,10H2,1-2H3. The van der Waals surface area contributed by atoms with Crippen molar-refractivity contribution in [1.82, 2.24) is 4.98 Å². The molecule has 0 aromatic carbocycles. The van der Waals surface area contributed by atoms with Crippen LogP contribution in [0.1, 0.15) is 26.0 Å². The van der Waals surface area contributed by atoms with E-state index in [-0.39, 0.29) is 5.41 Å². The van der Waals surface area contributed by atoms with Crippen molar-refractivity contribution in [3.8, 4) is 0 Å². The first-order chi connectivity index (χ1) is 5.70. The summed E-state index contributed by atoms with van der Waals surface area (Å²) in [7, 11) is 0. The van der Waals surface area contributed by atoms with Gasteiger partial charge in [0.1, 0.15) is 0 Å². The van der Waals surface area contributed by atoms with E-state index in [9.17, 15) is 0 Å². The molecular formula is C9H16N2S. The first-order valence-electron chi connectivity index (χ1n) is 4.27. The number of rotatable bonds is 4. The first kappa shape index (κ1) is 9.68.